The van der Waals surface area contributed by atoms with Crippen molar-refractivity contribution in [1.29, 1.82) is 0 Å². The molecule has 0 atom stereocenters. The zero-order valence-corrected chi connectivity index (χ0v) is 22.9. The minimum Gasteiger partial charge on any atom is -0.491 e. The molecule has 9 heteroatoms. The summed E-state index contributed by atoms with van der Waals surface area (Å²) in [6, 6.07) is 15.3. The fraction of sp³-hybridized carbons (Fsp3) is 0.333. The molecule has 0 spiro atoms. The number of ether oxygens (including phenoxy) is 1. The number of urea groups is 1. The zero-order valence-electron chi connectivity index (χ0n) is 22.1. The van der Waals surface area contributed by atoms with Crippen LogP contribution in [-0.2, 0) is 13.1 Å². The summed E-state index contributed by atoms with van der Waals surface area (Å²) < 4.78 is 20.4. The molecule has 0 bridgehead atoms. The minimum absolute atomic E-state index is 0.00688. The second-order valence-electron chi connectivity index (χ2n) is 10.4. The second kappa shape index (κ2) is 10.5. The van der Waals surface area contributed by atoms with Crippen LogP contribution in [0.15, 0.2) is 48.5 Å². The predicted octanol–water partition coefficient (Wildman–Crippen LogP) is 5.77. The number of aromatic amines is 1. The normalized spacial score (nSPS) is 16.2. The number of H-pyrrole nitrogens is 1. The number of carbonyl (C=O) groups is 1. The number of halogens is 2. The summed E-state index contributed by atoms with van der Waals surface area (Å²) in [5, 5.41) is 0.436. The summed E-state index contributed by atoms with van der Waals surface area (Å²) in [6.07, 6.45) is 0. The van der Waals surface area contributed by atoms with Crippen molar-refractivity contribution in [2.45, 2.75) is 26.9 Å². The Morgan fingerprint density at radius 1 is 1.03 bits per heavy atom. The van der Waals surface area contributed by atoms with Crippen LogP contribution in [0.1, 0.15) is 22.5 Å². The number of aromatic nitrogens is 2. The number of benzene rings is 3. The third kappa shape index (κ3) is 5.18. The zero-order chi connectivity index (χ0) is 27.1. The van der Waals surface area contributed by atoms with Crippen LogP contribution in [0.4, 0.5) is 9.18 Å². The summed E-state index contributed by atoms with van der Waals surface area (Å²) >= 11 is 6.22. The number of nitrogens with one attached hydrogen (secondary N) is 1. The first-order valence-electron chi connectivity index (χ1n) is 13.3. The molecule has 7 nitrogen and oxygen atoms in total. The molecule has 1 N–H and O–H groups in total. The van der Waals surface area contributed by atoms with Crippen molar-refractivity contribution in [2.75, 3.05) is 39.3 Å². The largest absolute Gasteiger partial charge is 0.491 e. The van der Waals surface area contributed by atoms with Crippen LogP contribution in [-0.4, -0.2) is 70.0 Å². The highest BCUT2D eigenvalue weighted by Gasteiger charge is 2.28. The van der Waals surface area contributed by atoms with Crippen molar-refractivity contribution >= 4 is 28.7 Å². The summed E-state index contributed by atoms with van der Waals surface area (Å²) in [4.78, 5) is 27.3. The third-order valence-electron chi connectivity index (χ3n) is 7.61. The Kier molecular flexibility index (Phi) is 6.91. The Bertz CT molecular complexity index is 1530. The van der Waals surface area contributed by atoms with Gasteiger partial charge in [0.05, 0.1) is 24.1 Å². The van der Waals surface area contributed by atoms with E-state index < -0.39 is 0 Å². The van der Waals surface area contributed by atoms with Gasteiger partial charge in [-0.05, 0) is 66.9 Å². The molecule has 202 valence electrons. The van der Waals surface area contributed by atoms with Gasteiger partial charge < -0.3 is 19.5 Å². The lowest BCUT2D eigenvalue weighted by molar-refractivity contribution is 0.105. The van der Waals surface area contributed by atoms with Gasteiger partial charge in [-0.15, -0.1) is 0 Å². The fourth-order valence-electron chi connectivity index (χ4n) is 5.56. The van der Waals surface area contributed by atoms with Crippen molar-refractivity contribution < 1.29 is 13.9 Å². The van der Waals surface area contributed by atoms with Gasteiger partial charge in [-0.3, -0.25) is 4.90 Å². The molecule has 2 amide bonds. The molecule has 4 aromatic rings. The quantitative estimate of drug-likeness (QED) is 0.353. The molecule has 0 saturated carbocycles. The fourth-order valence-corrected chi connectivity index (χ4v) is 5.79. The Morgan fingerprint density at radius 2 is 1.85 bits per heavy atom. The molecule has 3 heterocycles. The highest BCUT2D eigenvalue weighted by Crippen LogP contribution is 2.34. The number of piperazine rings is 1. The average molecular weight is 548 g/mol. The standard InChI is InChI=1S/C30H31ClFN5O2/c1-19-14-22(21-6-7-27-28(16-21)34-20(2)33-27)15-23-17-37(12-13-39-29(19)23)30(38)36-10-8-35(9-11-36)18-24-25(31)4-3-5-26(24)32/h3-7,14-16H,8-13,17-18H2,1-2H3,(H,33,34). The molecule has 0 aliphatic carbocycles. The van der Waals surface area contributed by atoms with Crippen LogP contribution in [0.25, 0.3) is 22.2 Å². The molecular weight excluding hydrogens is 517 g/mol. The van der Waals surface area contributed by atoms with E-state index in [0.717, 1.165) is 44.9 Å². The topological polar surface area (TPSA) is 64.7 Å². The first-order valence-corrected chi connectivity index (χ1v) is 13.7. The summed E-state index contributed by atoms with van der Waals surface area (Å²) in [6.45, 7) is 8.38. The number of nitrogens with zero attached hydrogens (tertiary/aromatic N) is 4. The van der Waals surface area contributed by atoms with Crippen LogP contribution in [0.2, 0.25) is 5.02 Å². The molecule has 2 aliphatic rings. The van der Waals surface area contributed by atoms with Crippen LogP contribution in [0.5, 0.6) is 5.75 Å². The first kappa shape index (κ1) is 25.6. The molecular formula is C30H31ClFN5O2. The van der Waals surface area contributed by atoms with E-state index in [0.29, 0.717) is 63.0 Å². The van der Waals surface area contributed by atoms with Gasteiger partial charge >= 0.3 is 6.03 Å². The number of imidazole rings is 1. The SMILES string of the molecule is Cc1nc2ccc(-c3cc(C)c4c(c3)CN(C(=O)N3CCN(Cc5c(F)cccc5Cl)CC3)CCO4)cc2[nH]1. The van der Waals surface area contributed by atoms with Gasteiger partial charge in [0.1, 0.15) is 24.0 Å². The van der Waals surface area contributed by atoms with E-state index in [-0.39, 0.29) is 11.8 Å². The van der Waals surface area contributed by atoms with Crippen molar-refractivity contribution in [1.82, 2.24) is 24.7 Å². The highest BCUT2D eigenvalue weighted by atomic mass is 35.5. The number of carbonyl (C=O) groups excluding carboxylic acids is 1. The highest BCUT2D eigenvalue weighted by molar-refractivity contribution is 6.31. The van der Waals surface area contributed by atoms with Gasteiger partial charge in [-0.2, -0.15) is 0 Å². The summed E-state index contributed by atoms with van der Waals surface area (Å²) in [5.41, 5.74) is 6.68. The summed E-state index contributed by atoms with van der Waals surface area (Å²) in [5.74, 6) is 1.46. The lowest BCUT2D eigenvalue weighted by Crippen LogP contribution is -2.52. The van der Waals surface area contributed by atoms with E-state index in [9.17, 15) is 9.18 Å². The molecule has 2 aliphatic heterocycles. The van der Waals surface area contributed by atoms with E-state index in [1.807, 2.05) is 22.8 Å². The van der Waals surface area contributed by atoms with Crippen molar-refractivity contribution in [3.63, 3.8) is 0 Å². The van der Waals surface area contributed by atoms with Gasteiger partial charge in [0, 0.05) is 48.9 Å². The van der Waals surface area contributed by atoms with Gasteiger partial charge in [0.25, 0.3) is 0 Å². The number of hydrogen-bond acceptors (Lipinski definition) is 4. The van der Waals surface area contributed by atoms with Gasteiger partial charge in [0.15, 0.2) is 0 Å². The van der Waals surface area contributed by atoms with E-state index in [4.69, 9.17) is 16.3 Å². The molecule has 1 saturated heterocycles. The van der Waals surface area contributed by atoms with E-state index >= 15 is 0 Å². The predicted molar refractivity (Wildman–Crippen MR) is 151 cm³/mol. The number of aryl methyl sites for hydroxylation is 2. The Labute approximate surface area is 232 Å². The Morgan fingerprint density at radius 3 is 2.64 bits per heavy atom. The van der Waals surface area contributed by atoms with E-state index in [1.165, 1.54) is 6.07 Å². The van der Waals surface area contributed by atoms with Gasteiger partial charge in [-0.25, -0.2) is 14.2 Å². The molecule has 1 fully saturated rings. The smallest absolute Gasteiger partial charge is 0.320 e. The van der Waals surface area contributed by atoms with Gasteiger partial charge in [0.2, 0.25) is 0 Å². The van der Waals surface area contributed by atoms with Crippen LogP contribution < -0.4 is 4.74 Å². The van der Waals surface area contributed by atoms with Crippen LogP contribution >= 0.6 is 11.6 Å². The monoisotopic (exact) mass is 547 g/mol. The summed E-state index contributed by atoms with van der Waals surface area (Å²) in [7, 11) is 0. The Hall–Kier alpha value is -3.62. The van der Waals surface area contributed by atoms with Crippen LogP contribution in [0, 0.1) is 19.7 Å². The molecule has 1 aromatic heterocycles. The van der Waals surface area contributed by atoms with Crippen molar-refractivity contribution in [3.8, 4) is 16.9 Å². The Balaban J connectivity index is 1.16. The van der Waals surface area contributed by atoms with Crippen LogP contribution in [0.3, 0.4) is 0 Å². The maximum absolute atomic E-state index is 14.2. The molecule has 39 heavy (non-hydrogen) atoms. The van der Waals surface area contributed by atoms with E-state index in [1.54, 1.807) is 12.1 Å². The minimum atomic E-state index is -0.293. The number of hydrogen-bond donors (Lipinski definition) is 1. The van der Waals surface area contributed by atoms with Crippen molar-refractivity contribution in [3.05, 3.63) is 81.9 Å². The average Bonchev–Trinajstić information content (AvgIpc) is 3.16. The molecule has 0 unspecified atom stereocenters. The number of rotatable bonds is 3. The number of fused-ring (bicyclic) bond motifs is 2. The lowest BCUT2D eigenvalue weighted by atomic mass is 9.98. The first-order chi connectivity index (χ1) is 18.9. The molecule has 3 aromatic carbocycles. The van der Waals surface area contributed by atoms with Gasteiger partial charge in [-0.1, -0.05) is 23.7 Å². The van der Waals surface area contributed by atoms with Crippen molar-refractivity contribution in [2.24, 2.45) is 0 Å². The maximum Gasteiger partial charge on any atom is 0.320 e. The third-order valence-corrected chi connectivity index (χ3v) is 7.96. The number of amides is 2. The molecule has 0 radical (unpaired) electrons. The maximum atomic E-state index is 14.2. The second-order valence-corrected chi connectivity index (χ2v) is 10.8. The van der Waals surface area contributed by atoms with E-state index in [2.05, 4.69) is 46.1 Å². The molecule has 6 rings (SSSR count). The lowest BCUT2D eigenvalue weighted by Gasteiger charge is -2.37.